The highest BCUT2D eigenvalue weighted by molar-refractivity contribution is 6.42. The quantitative estimate of drug-likeness (QED) is 0.769. The van der Waals surface area contributed by atoms with Crippen molar-refractivity contribution in [1.29, 1.82) is 0 Å². The van der Waals surface area contributed by atoms with Crippen molar-refractivity contribution in [3.8, 4) is 0 Å². The lowest BCUT2D eigenvalue weighted by Gasteiger charge is -2.57. The van der Waals surface area contributed by atoms with Crippen molar-refractivity contribution in [2.45, 2.75) is 50.6 Å². The molecule has 5 aliphatic rings. The second kappa shape index (κ2) is 7.37. The lowest BCUT2D eigenvalue weighted by Crippen LogP contribution is -3.13. The van der Waals surface area contributed by atoms with Crippen molar-refractivity contribution in [3.05, 3.63) is 33.8 Å². The molecule has 152 valence electrons. The minimum Gasteiger partial charge on any atom is -0.333 e. The zero-order valence-corrected chi connectivity index (χ0v) is 17.9. The number of nitrogens with zero attached hydrogens (tertiary/aromatic N) is 1. The normalized spacial score (nSPS) is 34.6. The van der Waals surface area contributed by atoms with Crippen molar-refractivity contribution in [2.24, 2.45) is 17.8 Å². The van der Waals surface area contributed by atoms with Crippen LogP contribution in [-0.4, -0.2) is 42.6 Å². The molecular formula is C22H30Cl2N3O+. The van der Waals surface area contributed by atoms with Crippen LogP contribution in [0.5, 0.6) is 0 Å². The number of halogens is 2. The number of carbonyl (C=O) groups is 1. The van der Waals surface area contributed by atoms with Crippen LogP contribution in [0, 0.1) is 17.8 Å². The molecular weight excluding hydrogens is 393 g/mol. The van der Waals surface area contributed by atoms with E-state index in [0.717, 1.165) is 50.5 Å². The van der Waals surface area contributed by atoms with Crippen molar-refractivity contribution in [2.75, 3.05) is 26.2 Å². The van der Waals surface area contributed by atoms with E-state index in [9.17, 15) is 4.79 Å². The van der Waals surface area contributed by atoms with Crippen molar-refractivity contribution in [3.63, 3.8) is 0 Å². The van der Waals surface area contributed by atoms with Crippen LogP contribution < -0.4 is 10.2 Å². The predicted molar refractivity (Wildman–Crippen MR) is 112 cm³/mol. The molecule has 1 aromatic carbocycles. The lowest BCUT2D eigenvalue weighted by molar-refractivity contribution is -0.917. The van der Waals surface area contributed by atoms with E-state index in [1.54, 1.807) is 0 Å². The number of amides is 2. The summed E-state index contributed by atoms with van der Waals surface area (Å²) in [7, 11) is 0. The van der Waals surface area contributed by atoms with Gasteiger partial charge in [-0.05, 0) is 68.4 Å². The van der Waals surface area contributed by atoms with Crippen LogP contribution in [0.4, 0.5) is 4.79 Å². The largest absolute Gasteiger partial charge is 0.333 e. The number of carbonyl (C=O) groups excluding carboxylic acids is 1. The minimum atomic E-state index is 0.107. The van der Waals surface area contributed by atoms with Gasteiger partial charge in [-0.2, -0.15) is 0 Å². The Morgan fingerprint density at radius 3 is 2.21 bits per heavy atom. The number of hydrogen-bond acceptors (Lipinski definition) is 1. The van der Waals surface area contributed by atoms with E-state index < -0.39 is 0 Å². The van der Waals surface area contributed by atoms with Crippen LogP contribution in [0.1, 0.15) is 44.1 Å². The molecule has 4 nitrogen and oxygen atoms in total. The fourth-order valence-corrected chi connectivity index (χ4v) is 7.03. The summed E-state index contributed by atoms with van der Waals surface area (Å²) in [6.45, 7) is 4.55. The first-order chi connectivity index (χ1) is 13.5. The molecule has 0 spiro atoms. The molecule has 1 heterocycles. The predicted octanol–water partition coefficient (Wildman–Crippen LogP) is 3.37. The third kappa shape index (κ3) is 3.76. The summed E-state index contributed by atoms with van der Waals surface area (Å²) in [5, 5.41) is 4.74. The highest BCUT2D eigenvalue weighted by atomic mass is 35.5. The molecule has 0 aromatic heterocycles. The summed E-state index contributed by atoms with van der Waals surface area (Å²) < 4.78 is 0. The average molecular weight is 423 g/mol. The van der Waals surface area contributed by atoms with Crippen LogP contribution in [0.15, 0.2) is 18.2 Å². The van der Waals surface area contributed by atoms with Crippen molar-refractivity contribution >= 4 is 29.2 Å². The fraction of sp³-hybridized carbons (Fsp3) is 0.682. The van der Waals surface area contributed by atoms with Gasteiger partial charge in [-0.15, -0.1) is 0 Å². The maximum Gasteiger partial charge on any atom is 0.318 e. The van der Waals surface area contributed by atoms with Gasteiger partial charge in [-0.25, -0.2) is 4.79 Å². The Labute approximate surface area is 177 Å². The van der Waals surface area contributed by atoms with Crippen LogP contribution in [0.2, 0.25) is 10.0 Å². The molecule has 4 saturated carbocycles. The van der Waals surface area contributed by atoms with Gasteiger partial charge < -0.3 is 15.1 Å². The molecule has 0 unspecified atom stereocenters. The second-order valence-corrected chi connectivity index (χ2v) is 10.6. The van der Waals surface area contributed by atoms with E-state index in [-0.39, 0.29) is 11.6 Å². The SMILES string of the molecule is O=C(NC12CC3CC(CC(C3)C1)C2)N1CC[NH+](Cc2ccc(Cl)c(Cl)c2)CC1. The van der Waals surface area contributed by atoms with Crippen LogP contribution in [0.3, 0.4) is 0 Å². The minimum absolute atomic E-state index is 0.107. The monoisotopic (exact) mass is 422 g/mol. The Bertz CT molecular complexity index is 725. The fourth-order valence-electron chi connectivity index (χ4n) is 6.71. The molecule has 2 amide bonds. The Morgan fingerprint density at radius 2 is 1.64 bits per heavy atom. The van der Waals surface area contributed by atoms with Gasteiger partial charge in [0, 0.05) is 11.1 Å². The smallest absolute Gasteiger partial charge is 0.318 e. The summed E-state index contributed by atoms with van der Waals surface area (Å²) in [5.41, 5.74) is 1.31. The zero-order chi connectivity index (χ0) is 19.3. The summed E-state index contributed by atoms with van der Waals surface area (Å²) in [4.78, 5) is 16.5. The van der Waals surface area contributed by atoms with Crippen LogP contribution in [0.25, 0.3) is 0 Å². The number of urea groups is 1. The molecule has 2 N–H and O–H groups in total. The standard InChI is InChI=1S/C22H29Cl2N3O/c23-19-2-1-15(10-20(19)24)14-26-3-5-27(6-4-26)21(28)25-22-11-16-7-17(12-22)9-18(8-16)13-22/h1-2,10,16-18H,3-9,11-14H2,(H,25,28)/p+1. The van der Waals surface area contributed by atoms with E-state index in [4.69, 9.17) is 23.2 Å². The van der Waals surface area contributed by atoms with E-state index in [2.05, 4.69) is 5.32 Å². The topological polar surface area (TPSA) is 36.8 Å². The maximum absolute atomic E-state index is 13.0. The molecule has 0 atom stereocenters. The first-order valence-corrected chi connectivity index (χ1v) is 11.6. The van der Waals surface area contributed by atoms with Crippen LogP contribution >= 0.6 is 23.2 Å². The third-order valence-electron chi connectivity index (χ3n) is 7.61. The number of rotatable bonds is 3. The first kappa shape index (κ1) is 19.0. The molecule has 0 radical (unpaired) electrons. The van der Waals surface area contributed by atoms with Gasteiger partial charge in [0.15, 0.2) is 0 Å². The molecule has 5 fully saturated rings. The zero-order valence-electron chi connectivity index (χ0n) is 16.4. The highest BCUT2D eigenvalue weighted by Gasteiger charge is 2.51. The van der Waals surface area contributed by atoms with Gasteiger partial charge in [0.05, 0.1) is 36.2 Å². The van der Waals surface area contributed by atoms with Crippen molar-refractivity contribution < 1.29 is 9.69 Å². The Morgan fingerprint density at radius 1 is 1.04 bits per heavy atom. The van der Waals surface area contributed by atoms with E-state index in [0.29, 0.717) is 10.0 Å². The lowest BCUT2D eigenvalue weighted by atomic mass is 9.53. The van der Waals surface area contributed by atoms with E-state index in [1.165, 1.54) is 49.0 Å². The molecule has 1 aromatic rings. The maximum atomic E-state index is 13.0. The molecule has 4 aliphatic carbocycles. The van der Waals surface area contributed by atoms with Gasteiger partial charge in [-0.3, -0.25) is 0 Å². The summed E-state index contributed by atoms with van der Waals surface area (Å²) in [6.07, 6.45) is 7.87. The number of nitrogens with one attached hydrogen (secondary N) is 2. The van der Waals surface area contributed by atoms with Gasteiger partial charge in [0.1, 0.15) is 6.54 Å². The van der Waals surface area contributed by atoms with Gasteiger partial charge in [0.2, 0.25) is 0 Å². The molecule has 6 rings (SSSR count). The molecule has 28 heavy (non-hydrogen) atoms. The van der Waals surface area contributed by atoms with Gasteiger partial charge in [0.25, 0.3) is 0 Å². The summed E-state index contributed by atoms with van der Waals surface area (Å²) >= 11 is 12.2. The molecule has 6 heteroatoms. The molecule has 4 bridgehead atoms. The number of benzene rings is 1. The highest BCUT2D eigenvalue weighted by Crippen LogP contribution is 2.55. The van der Waals surface area contributed by atoms with Crippen LogP contribution in [-0.2, 0) is 6.54 Å². The van der Waals surface area contributed by atoms with Gasteiger partial charge >= 0.3 is 6.03 Å². The number of hydrogen-bond donors (Lipinski definition) is 2. The summed E-state index contributed by atoms with van der Waals surface area (Å²) in [5.74, 6) is 2.58. The van der Waals surface area contributed by atoms with E-state index in [1.807, 2.05) is 23.1 Å². The van der Waals surface area contributed by atoms with Gasteiger partial charge in [-0.1, -0.05) is 29.3 Å². The molecule has 1 saturated heterocycles. The van der Waals surface area contributed by atoms with E-state index >= 15 is 0 Å². The number of piperazine rings is 1. The Hall–Kier alpha value is -0.970. The molecule has 1 aliphatic heterocycles. The summed E-state index contributed by atoms with van der Waals surface area (Å²) in [6, 6.07) is 6.06. The van der Waals surface area contributed by atoms with Crippen molar-refractivity contribution in [1.82, 2.24) is 10.2 Å². The Balaban J connectivity index is 1.15. The first-order valence-electron chi connectivity index (χ1n) is 10.8. The Kier molecular flexibility index (Phi) is 5.01. The number of quaternary nitrogens is 1. The second-order valence-electron chi connectivity index (χ2n) is 9.79. The average Bonchev–Trinajstić information content (AvgIpc) is 2.64. The third-order valence-corrected chi connectivity index (χ3v) is 8.35.